The van der Waals surface area contributed by atoms with Gasteiger partial charge in [0.15, 0.2) is 0 Å². The molecule has 0 unspecified atom stereocenters. The molecule has 0 N–H and O–H groups in total. The van der Waals surface area contributed by atoms with Crippen molar-refractivity contribution >= 4 is 0 Å². The minimum Gasteiger partial charge on any atom is -0.374 e. The number of rotatable bonds is 2. The van der Waals surface area contributed by atoms with Crippen LogP contribution < -0.4 is 0 Å². The molecule has 0 aromatic carbocycles. The maximum absolute atomic E-state index is 5.73. The van der Waals surface area contributed by atoms with Gasteiger partial charge in [-0.1, -0.05) is 6.08 Å². The van der Waals surface area contributed by atoms with E-state index in [4.69, 9.17) is 4.74 Å². The van der Waals surface area contributed by atoms with E-state index >= 15 is 0 Å². The zero-order valence-electron chi connectivity index (χ0n) is 8.28. The third kappa shape index (κ3) is 1.77. The van der Waals surface area contributed by atoms with E-state index in [-0.39, 0.29) is 0 Å². The molecule has 74 valence electrons. The van der Waals surface area contributed by atoms with Crippen LogP contribution in [0.15, 0.2) is 12.7 Å². The minimum absolute atomic E-state index is 0.429. The summed E-state index contributed by atoms with van der Waals surface area (Å²) in [6, 6.07) is 0.605. The molecule has 2 saturated heterocycles. The van der Waals surface area contributed by atoms with Crippen molar-refractivity contribution in [3.8, 4) is 0 Å². The van der Waals surface area contributed by atoms with Gasteiger partial charge in [-0.05, 0) is 7.05 Å². The van der Waals surface area contributed by atoms with E-state index in [0.717, 1.165) is 32.8 Å². The fourth-order valence-corrected chi connectivity index (χ4v) is 2.27. The molecule has 2 aliphatic rings. The Balaban J connectivity index is 1.95. The number of ether oxygens (including phenoxy) is 1. The Labute approximate surface area is 80.0 Å². The van der Waals surface area contributed by atoms with Gasteiger partial charge in [0, 0.05) is 32.2 Å². The number of nitrogens with zero attached hydrogens (tertiary/aromatic N) is 2. The standard InChI is InChI=1S/C10H18N2O/c1-3-4-12-7-9-10(8-12)13-6-5-11(9)2/h3,9-10H,1,4-8H2,2H3/t9-,10+/m0/s1. The Morgan fingerprint density at radius 3 is 3.08 bits per heavy atom. The summed E-state index contributed by atoms with van der Waals surface area (Å²) in [5.74, 6) is 0. The van der Waals surface area contributed by atoms with E-state index in [9.17, 15) is 0 Å². The van der Waals surface area contributed by atoms with Gasteiger partial charge in [-0.25, -0.2) is 0 Å². The second-order valence-electron chi connectivity index (χ2n) is 3.96. The fourth-order valence-electron chi connectivity index (χ4n) is 2.27. The van der Waals surface area contributed by atoms with Crippen LogP contribution in [0.1, 0.15) is 0 Å². The summed E-state index contributed by atoms with van der Waals surface area (Å²) in [6.45, 7) is 8.92. The number of likely N-dealkylation sites (tertiary alicyclic amines) is 1. The Kier molecular flexibility index (Phi) is 2.67. The number of hydrogen-bond donors (Lipinski definition) is 0. The van der Waals surface area contributed by atoms with Crippen LogP contribution in [0, 0.1) is 0 Å². The maximum atomic E-state index is 5.73. The number of likely N-dealkylation sites (N-methyl/N-ethyl adjacent to an activating group) is 1. The Hall–Kier alpha value is -0.380. The van der Waals surface area contributed by atoms with Crippen molar-refractivity contribution in [1.29, 1.82) is 0 Å². The number of morpholine rings is 1. The van der Waals surface area contributed by atoms with Crippen LogP contribution in [0.5, 0.6) is 0 Å². The summed E-state index contributed by atoms with van der Waals surface area (Å²) >= 11 is 0. The van der Waals surface area contributed by atoms with Crippen molar-refractivity contribution in [2.24, 2.45) is 0 Å². The lowest BCUT2D eigenvalue weighted by atomic mass is 10.1. The molecule has 3 heteroatoms. The first-order valence-electron chi connectivity index (χ1n) is 4.96. The van der Waals surface area contributed by atoms with E-state index < -0.39 is 0 Å². The second kappa shape index (κ2) is 3.78. The van der Waals surface area contributed by atoms with Gasteiger partial charge in [-0.2, -0.15) is 0 Å². The van der Waals surface area contributed by atoms with Crippen LogP contribution in [0.3, 0.4) is 0 Å². The highest BCUT2D eigenvalue weighted by molar-refractivity contribution is 4.94. The lowest BCUT2D eigenvalue weighted by molar-refractivity contribution is -0.0369. The highest BCUT2D eigenvalue weighted by atomic mass is 16.5. The summed E-state index contributed by atoms with van der Waals surface area (Å²) < 4.78 is 5.73. The van der Waals surface area contributed by atoms with Gasteiger partial charge < -0.3 is 4.74 Å². The molecular formula is C10H18N2O. The topological polar surface area (TPSA) is 15.7 Å². The Bertz CT molecular complexity index is 195. The van der Waals surface area contributed by atoms with Gasteiger partial charge in [0.1, 0.15) is 0 Å². The van der Waals surface area contributed by atoms with Crippen LogP contribution in [0.4, 0.5) is 0 Å². The molecular weight excluding hydrogens is 164 g/mol. The van der Waals surface area contributed by atoms with Gasteiger partial charge in [0.05, 0.1) is 12.7 Å². The average Bonchev–Trinajstić information content (AvgIpc) is 2.49. The maximum Gasteiger partial charge on any atom is 0.0869 e. The lowest BCUT2D eigenvalue weighted by Crippen LogP contribution is -2.48. The molecule has 2 heterocycles. The molecule has 0 bridgehead atoms. The quantitative estimate of drug-likeness (QED) is 0.567. The van der Waals surface area contributed by atoms with Crippen molar-refractivity contribution in [2.45, 2.75) is 12.1 Å². The Morgan fingerprint density at radius 2 is 2.38 bits per heavy atom. The van der Waals surface area contributed by atoms with E-state index in [2.05, 4.69) is 23.4 Å². The first-order chi connectivity index (χ1) is 6.31. The second-order valence-corrected chi connectivity index (χ2v) is 3.96. The smallest absolute Gasteiger partial charge is 0.0869 e. The zero-order valence-corrected chi connectivity index (χ0v) is 8.28. The van der Waals surface area contributed by atoms with Crippen LogP contribution in [0.25, 0.3) is 0 Å². The molecule has 2 aliphatic heterocycles. The molecule has 0 aliphatic carbocycles. The summed E-state index contributed by atoms with van der Waals surface area (Å²) in [6.07, 6.45) is 2.40. The molecule has 2 rings (SSSR count). The molecule has 0 spiro atoms. The number of fused-ring (bicyclic) bond motifs is 1. The van der Waals surface area contributed by atoms with Gasteiger partial charge in [0.2, 0.25) is 0 Å². The monoisotopic (exact) mass is 182 g/mol. The molecule has 0 amide bonds. The van der Waals surface area contributed by atoms with Crippen molar-refractivity contribution in [3.63, 3.8) is 0 Å². The molecule has 3 nitrogen and oxygen atoms in total. The highest BCUT2D eigenvalue weighted by Crippen LogP contribution is 2.21. The molecule has 0 aromatic heterocycles. The van der Waals surface area contributed by atoms with Crippen LogP contribution in [-0.4, -0.2) is 61.8 Å². The van der Waals surface area contributed by atoms with Crippen molar-refractivity contribution in [1.82, 2.24) is 9.80 Å². The predicted octanol–water partition coefficient (Wildman–Crippen LogP) is 0.187. The average molecular weight is 182 g/mol. The van der Waals surface area contributed by atoms with Gasteiger partial charge in [-0.15, -0.1) is 6.58 Å². The first kappa shape index (κ1) is 9.19. The van der Waals surface area contributed by atoms with Crippen LogP contribution >= 0.6 is 0 Å². The molecule has 2 atom stereocenters. The van der Waals surface area contributed by atoms with E-state index in [1.165, 1.54) is 0 Å². The number of hydrogen-bond acceptors (Lipinski definition) is 3. The first-order valence-corrected chi connectivity index (χ1v) is 4.96. The normalized spacial score (nSPS) is 36.1. The zero-order chi connectivity index (χ0) is 9.26. The summed E-state index contributed by atoms with van der Waals surface area (Å²) in [7, 11) is 2.19. The van der Waals surface area contributed by atoms with Gasteiger partial charge >= 0.3 is 0 Å². The largest absolute Gasteiger partial charge is 0.374 e. The lowest BCUT2D eigenvalue weighted by Gasteiger charge is -2.33. The van der Waals surface area contributed by atoms with Gasteiger partial charge in [0.25, 0.3) is 0 Å². The molecule has 0 aromatic rings. The molecule has 0 radical (unpaired) electrons. The SMILES string of the molecule is C=CCN1C[C@H]2OCCN(C)[C@H]2C1. The van der Waals surface area contributed by atoms with Crippen molar-refractivity contribution in [3.05, 3.63) is 12.7 Å². The predicted molar refractivity (Wildman–Crippen MR) is 52.8 cm³/mol. The highest BCUT2D eigenvalue weighted by Gasteiger charge is 2.37. The van der Waals surface area contributed by atoms with E-state index in [0.29, 0.717) is 12.1 Å². The summed E-state index contributed by atoms with van der Waals surface area (Å²) in [4.78, 5) is 4.82. The van der Waals surface area contributed by atoms with Crippen molar-refractivity contribution in [2.75, 3.05) is 39.8 Å². The third-order valence-electron chi connectivity index (χ3n) is 3.04. The summed E-state index contributed by atoms with van der Waals surface area (Å²) in [5.41, 5.74) is 0. The van der Waals surface area contributed by atoms with Crippen LogP contribution in [-0.2, 0) is 4.74 Å². The minimum atomic E-state index is 0.429. The molecule has 0 saturated carbocycles. The fraction of sp³-hybridized carbons (Fsp3) is 0.800. The molecule has 13 heavy (non-hydrogen) atoms. The van der Waals surface area contributed by atoms with Crippen molar-refractivity contribution < 1.29 is 4.74 Å². The van der Waals surface area contributed by atoms with Crippen LogP contribution in [0.2, 0.25) is 0 Å². The third-order valence-corrected chi connectivity index (χ3v) is 3.04. The summed E-state index contributed by atoms with van der Waals surface area (Å²) in [5, 5.41) is 0. The van der Waals surface area contributed by atoms with Gasteiger partial charge in [-0.3, -0.25) is 9.80 Å². The van der Waals surface area contributed by atoms with E-state index in [1.807, 2.05) is 6.08 Å². The molecule has 2 fully saturated rings. The Morgan fingerprint density at radius 1 is 1.54 bits per heavy atom. The van der Waals surface area contributed by atoms with E-state index in [1.54, 1.807) is 0 Å².